The molecule has 0 spiro atoms. The number of nitrogens with zero attached hydrogens (tertiary/aromatic N) is 3. The molecular formula is C13H15FN4O2. The van der Waals surface area contributed by atoms with Gasteiger partial charge in [-0.15, -0.1) is 0 Å². The van der Waals surface area contributed by atoms with Crippen molar-refractivity contribution < 1.29 is 9.31 Å². The van der Waals surface area contributed by atoms with Crippen molar-refractivity contribution in [1.29, 1.82) is 0 Å². The Kier molecular flexibility index (Phi) is 4.09. The molecule has 2 aromatic rings. The van der Waals surface area contributed by atoms with Crippen molar-refractivity contribution in [3.05, 3.63) is 57.9 Å². The van der Waals surface area contributed by atoms with Crippen molar-refractivity contribution in [3.63, 3.8) is 0 Å². The summed E-state index contributed by atoms with van der Waals surface area (Å²) >= 11 is 0. The molecular weight excluding hydrogens is 263 g/mol. The van der Waals surface area contributed by atoms with Crippen LogP contribution >= 0.6 is 0 Å². The van der Waals surface area contributed by atoms with Gasteiger partial charge in [0.2, 0.25) is 5.82 Å². The second-order valence-corrected chi connectivity index (χ2v) is 4.73. The summed E-state index contributed by atoms with van der Waals surface area (Å²) in [6, 6.07) is 4.13. The first-order chi connectivity index (χ1) is 9.47. The molecule has 1 aromatic carbocycles. The van der Waals surface area contributed by atoms with Crippen LogP contribution in [0.1, 0.15) is 18.2 Å². The highest BCUT2D eigenvalue weighted by Crippen LogP contribution is 2.20. The number of halogens is 1. The normalized spacial score (nSPS) is 12.3. The Morgan fingerprint density at radius 1 is 1.55 bits per heavy atom. The van der Waals surface area contributed by atoms with Crippen LogP contribution < -0.4 is 5.73 Å². The second-order valence-electron chi connectivity index (χ2n) is 4.73. The average Bonchev–Trinajstić information content (AvgIpc) is 2.78. The maximum absolute atomic E-state index is 13.9. The zero-order valence-corrected chi connectivity index (χ0v) is 11.0. The number of imidazole rings is 1. The molecule has 0 saturated heterocycles. The Hall–Kier alpha value is -2.28. The van der Waals surface area contributed by atoms with E-state index in [1.807, 2.05) is 6.92 Å². The molecule has 0 radical (unpaired) electrons. The van der Waals surface area contributed by atoms with E-state index in [0.717, 1.165) is 11.8 Å². The van der Waals surface area contributed by atoms with E-state index in [2.05, 4.69) is 4.98 Å². The number of hydrogen-bond donors (Lipinski definition) is 1. The lowest BCUT2D eigenvalue weighted by Gasteiger charge is -2.04. The van der Waals surface area contributed by atoms with Gasteiger partial charge in [0.05, 0.1) is 23.5 Å². The molecule has 0 aliphatic heterocycles. The minimum Gasteiger partial charge on any atom is -0.333 e. The maximum atomic E-state index is 13.9. The summed E-state index contributed by atoms with van der Waals surface area (Å²) < 4.78 is 15.6. The number of rotatable bonds is 5. The molecule has 1 aromatic heterocycles. The molecule has 0 aliphatic carbocycles. The SMILES string of the molecule is CC(N)Cc1cn(Cc2cccc([N+](=O)[O-])c2F)cn1. The Morgan fingerprint density at radius 2 is 2.30 bits per heavy atom. The van der Waals surface area contributed by atoms with Crippen molar-refractivity contribution in [2.45, 2.75) is 25.9 Å². The van der Waals surface area contributed by atoms with Gasteiger partial charge in [-0.05, 0) is 6.92 Å². The molecule has 7 heteroatoms. The zero-order chi connectivity index (χ0) is 14.7. The summed E-state index contributed by atoms with van der Waals surface area (Å²) in [5, 5.41) is 10.7. The van der Waals surface area contributed by atoms with Crippen molar-refractivity contribution >= 4 is 5.69 Å². The van der Waals surface area contributed by atoms with Gasteiger partial charge in [0.15, 0.2) is 0 Å². The van der Waals surface area contributed by atoms with Gasteiger partial charge in [0.25, 0.3) is 0 Å². The fraction of sp³-hybridized carbons (Fsp3) is 0.308. The van der Waals surface area contributed by atoms with Crippen LogP contribution in [0.25, 0.3) is 0 Å². The summed E-state index contributed by atoms with van der Waals surface area (Å²) in [7, 11) is 0. The maximum Gasteiger partial charge on any atom is 0.305 e. The third kappa shape index (κ3) is 3.18. The van der Waals surface area contributed by atoms with Crippen LogP contribution in [0.5, 0.6) is 0 Å². The minimum atomic E-state index is -0.806. The van der Waals surface area contributed by atoms with Gasteiger partial charge in [-0.25, -0.2) is 4.98 Å². The van der Waals surface area contributed by atoms with E-state index >= 15 is 0 Å². The van der Waals surface area contributed by atoms with Crippen molar-refractivity contribution in [1.82, 2.24) is 9.55 Å². The first-order valence-electron chi connectivity index (χ1n) is 6.15. The molecule has 1 heterocycles. The van der Waals surface area contributed by atoms with Gasteiger partial charge >= 0.3 is 5.69 Å². The Bertz CT molecular complexity index is 625. The van der Waals surface area contributed by atoms with Crippen LogP contribution in [0.2, 0.25) is 0 Å². The Morgan fingerprint density at radius 3 is 2.95 bits per heavy atom. The molecule has 2 N–H and O–H groups in total. The predicted octanol–water partition coefficient (Wildman–Crippen LogP) is 1.87. The fourth-order valence-electron chi connectivity index (χ4n) is 1.95. The van der Waals surface area contributed by atoms with Crippen molar-refractivity contribution in [2.24, 2.45) is 5.73 Å². The summed E-state index contributed by atoms with van der Waals surface area (Å²) in [6.45, 7) is 2.07. The highest BCUT2D eigenvalue weighted by molar-refractivity contribution is 5.36. The van der Waals surface area contributed by atoms with Crippen LogP contribution in [-0.4, -0.2) is 20.5 Å². The minimum absolute atomic E-state index is 0.00658. The molecule has 1 unspecified atom stereocenters. The van der Waals surface area contributed by atoms with E-state index in [9.17, 15) is 14.5 Å². The van der Waals surface area contributed by atoms with E-state index in [1.165, 1.54) is 12.1 Å². The first kappa shape index (κ1) is 14.1. The van der Waals surface area contributed by atoms with Crippen LogP contribution in [0.4, 0.5) is 10.1 Å². The van der Waals surface area contributed by atoms with Gasteiger partial charge in [0.1, 0.15) is 0 Å². The number of hydrogen-bond acceptors (Lipinski definition) is 4. The number of aromatic nitrogens is 2. The quantitative estimate of drug-likeness (QED) is 0.668. The monoisotopic (exact) mass is 278 g/mol. The van der Waals surface area contributed by atoms with Crippen molar-refractivity contribution in [3.8, 4) is 0 Å². The second kappa shape index (κ2) is 5.79. The standard InChI is InChI=1S/C13H15FN4O2/c1-9(15)5-11-7-17(8-16-11)6-10-3-2-4-12(13(10)14)18(19)20/h2-4,7-9H,5-6,15H2,1H3. The van der Waals surface area contributed by atoms with E-state index < -0.39 is 16.4 Å². The lowest BCUT2D eigenvalue weighted by atomic mass is 10.2. The number of nitro groups is 1. The molecule has 6 nitrogen and oxygen atoms in total. The smallest absolute Gasteiger partial charge is 0.305 e. The molecule has 0 saturated carbocycles. The topological polar surface area (TPSA) is 87.0 Å². The lowest BCUT2D eigenvalue weighted by molar-refractivity contribution is -0.387. The Labute approximate surface area is 115 Å². The van der Waals surface area contributed by atoms with Gasteiger partial charge < -0.3 is 10.3 Å². The Balaban J connectivity index is 2.20. The highest BCUT2D eigenvalue weighted by atomic mass is 19.1. The van der Waals surface area contributed by atoms with Crippen LogP contribution in [-0.2, 0) is 13.0 Å². The fourth-order valence-corrected chi connectivity index (χ4v) is 1.95. The van der Waals surface area contributed by atoms with Gasteiger partial charge in [0, 0.05) is 30.3 Å². The molecule has 106 valence electrons. The van der Waals surface area contributed by atoms with Crippen LogP contribution in [0.15, 0.2) is 30.7 Å². The van der Waals surface area contributed by atoms with E-state index in [4.69, 9.17) is 5.73 Å². The molecule has 2 rings (SSSR count). The molecule has 0 fully saturated rings. The molecule has 20 heavy (non-hydrogen) atoms. The summed E-state index contributed by atoms with van der Waals surface area (Å²) in [5.41, 5.74) is 6.23. The van der Waals surface area contributed by atoms with E-state index in [1.54, 1.807) is 17.1 Å². The van der Waals surface area contributed by atoms with Crippen molar-refractivity contribution in [2.75, 3.05) is 0 Å². The molecule has 0 amide bonds. The molecule has 0 aliphatic rings. The van der Waals surface area contributed by atoms with E-state index in [0.29, 0.717) is 6.42 Å². The summed E-state index contributed by atoms with van der Waals surface area (Å²) in [4.78, 5) is 14.1. The van der Waals surface area contributed by atoms with Gasteiger partial charge in [-0.1, -0.05) is 12.1 Å². The van der Waals surface area contributed by atoms with E-state index in [-0.39, 0.29) is 18.2 Å². The number of nitrogens with two attached hydrogens (primary N) is 1. The number of benzene rings is 1. The molecule has 1 atom stereocenters. The highest BCUT2D eigenvalue weighted by Gasteiger charge is 2.17. The van der Waals surface area contributed by atoms with Crippen LogP contribution in [0.3, 0.4) is 0 Å². The summed E-state index contributed by atoms with van der Waals surface area (Å²) in [6.07, 6.45) is 3.96. The zero-order valence-electron chi connectivity index (χ0n) is 11.0. The number of nitro benzene ring substituents is 1. The van der Waals surface area contributed by atoms with Crippen LogP contribution in [0, 0.1) is 15.9 Å². The third-order valence-electron chi connectivity index (χ3n) is 2.83. The predicted molar refractivity (Wildman–Crippen MR) is 71.7 cm³/mol. The lowest BCUT2D eigenvalue weighted by Crippen LogP contribution is -2.17. The first-order valence-corrected chi connectivity index (χ1v) is 6.15. The third-order valence-corrected chi connectivity index (χ3v) is 2.83. The summed E-state index contributed by atoms with van der Waals surface area (Å²) in [5.74, 6) is -0.806. The van der Waals surface area contributed by atoms with Gasteiger partial charge in [-0.2, -0.15) is 4.39 Å². The average molecular weight is 278 g/mol. The molecule has 0 bridgehead atoms. The largest absolute Gasteiger partial charge is 0.333 e. The van der Waals surface area contributed by atoms with Gasteiger partial charge in [-0.3, -0.25) is 10.1 Å².